The average Bonchev–Trinajstić information content (AvgIpc) is 1.00. The van der Waals surface area contributed by atoms with E-state index in [4.69, 9.17) is 5.11 Å². The summed E-state index contributed by atoms with van der Waals surface area (Å²) in [5, 5.41) is 7.00. The summed E-state index contributed by atoms with van der Waals surface area (Å²) in [6.45, 7) is 0. The summed E-state index contributed by atoms with van der Waals surface area (Å²) in [6.07, 6.45) is 0. The molecule has 17 N–H and O–H groups in total. The molecule has 0 aliphatic heterocycles. The molecule has 0 aromatic rings. The molecule has 0 aromatic carbocycles. The molecule has 0 saturated carbocycles. The first kappa shape index (κ1) is 1760. The highest BCUT2D eigenvalue weighted by molar-refractivity contribution is 3.18. The van der Waals surface area contributed by atoms with Crippen LogP contribution in [0.3, 0.4) is 0 Å². The molecule has 10 heavy (non-hydrogen) atoms. The Hall–Kier alpha value is -0.360. The number of rotatable bonds is 0. The maximum absolute atomic E-state index is 7.00. The maximum atomic E-state index is 7.00. The van der Waals surface area contributed by atoms with Gasteiger partial charge in [0.15, 0.2) is 0 Å². The maximum Gasteiger partial charge on any atom is 0.0319 e. The molecule has 9 nitrogen and oxygen atoms in total. The van der Waals surface area contributed by atoms with E-state index in [0.717, 1.165) is 7.11 Å². The predicted molar refractivity (Wildman–Crippen MR) is 37.1 cm³/mol. The number of aliphatic hydroxyl groups excluding tert-OH is 1. The highest BCUT2D eigenvalue weighted by Crippen LogP contribution is 0.755. The van der Waals surface area contributed by atoms with Crippen molar-refractivity contribution in [1.29, 1.82) is 0 Å². The third-order valence-corrected chi connectivity index (χ3v) is 0. The fraction of sp³-hybridized carbons (Fsp3) is 1.00. The van der Waals surface area contributed by atoms with E-state index < -0.39 is 0 Å². The van der Waals surface area contributed by atoms with Gasteiger partial charge in [0.05, 0.1) is 0 Å². The van der Waals surface area contributed by atoms with Gasteiger partial charge in [-0.15, -0.1) is 0 Å². The Balaban J connectivity index is -0.000000000179. The summed E-state index contributed by atoms with van der Waals surface area (Å²) in [7, 11) is 1.00. The van der Waals surface area contributed by atoms with Gasteiger partial charge in [-0.05, 0) is 0 Å². The van der Waals surface area contributed by atoms with Gasteiger partial charge < -0.3 is 48.9 Å². The highest BCUT2D eigenvalue weighted by atomic mass is 16.2. The van der Waals surface area contributed by atoms with Crippen LogP contribution in [0.5, 0.6) is 0 Å². The summed E-state index contributed by atoms with van der Waals surface area (Å²) in [4.78, 5) is 0. The van der Waals surface area contributed by atoms with Crippen molar-refractivity contribution >= 4 is 0 Å². The molecule has 0 bridgehead atoms. The largest absolute Gasteiger partial charge is 0.412 e. The summed E-state index contributed by atoms with van der Waals surface area (Å²) in [5.74, 6) is 0. The summed E-state index contributed by atoms with van der Waals surface area (Å²) < 4.78 is 0. The van der Waals surface area contributed by atoms with Crippen LogP contribution in [0, 0.1) is 0 Å². The van der Waals surface area contributed by atoms with Crippen LogP contribution in [-0.4, -0.2) is 56.0 Å². The van der Waals surface area contributed by atoms with Crippen molar-refractivity contribution < 1.29 is 48.9 Å². The lowest BCUT2D eigenvalue weighted by Gasteiger charge is -1.21. The van der Waals surface area contributed by atoms with Gasteiger partial charge >= 0.3 is 0 Å². The summed E-state index contributed by atoms with van der Waals surface area (Å²) >= 11 is 0. The minimum Gasteiger partial charge on any atom is -0.412 e. The van der Waals surface area contributed by atoms with E-state index in [9.17, 15) is 0 Å². The van der Waals surface area contributed by atoms with Gasteiger partial charge in [-0.25, -0.2) is 0 Å². The van der Waals surface area contributed by atoms with E-state index >= 15 is 0 Å². The molecule has 0 atom stereocenters. The molecule has 78 valence electrons. The fourth-order valence-corrected chi connectivity index (χ4v) is 0. The van der Waals surface area contributed by atoms with Gasteiger partial charge in [-0.2, -0.15) is 0 Å². The van der Waals surface area contributed by atoms with Crippen molar-refractivity contribution in [3.8, 4) is 0 Å². The lowest BCUT2D eigenvalue weighted by molar-refractivity contribution is 0.399. The zero-order valence-corrected chi connectivity index (χ0v) is 5.45. The van der Waals surface area contributed by atoms with Gasteiger partial charge in [0, 0.05) is 7.11 Å². The Kier molecular flexibility index (Phi) is 684000. The molecule has 0 radical (unpaired) electrons. The zero-order valence-electron chi connectivity index (χ0n) is 5.45. The SMILES string of the molecule is CO.O.O.O.O.O.O.O.O. The van der Waals surface area contributed by atoms with Crippen LogP contribution in [0.4, 0.5) is 0 Å². The lowest BCUT2D eigenvalue weighted by atomic mass is 11.8. The zero-order chi connectivity index (χ0) is 2.00. The normalized spacial score (nSPS) is 0.600. The first-order valence-electron chi connectivity index (χ1n) is 0.447. The van der Waals surface area contributed by atoms with Crippen LogP contribution in [0.2, 0.25) is 0 Å². The van der Waals surface area contributed by atoms with Crippen LogP contribution < -0.4 is 0 Å². The molecule has 0 saturated heterocycles. The Bertz CT molecular complexity index is 4.69. The Labute approximate surface area is 57.4 Å². The van der Waals surface area contributed by atoms with E-state index in [1.165, 1.54) is 0 Å². The smallest absolute Gasteiger partial charge is 0.0319 e. The van der Waals surface area contributed by atoms with Crippen molar-refractivity contribution in [2.75, 3.05) is 7.11 Å². The first-order chi connectivity index (χ1) is 1.00. The molecular weight excluding hydrogens is 156 g/mol. The van der Waals surface area contributed by atoms with E-state index in [-0.39, 0.29) is 43.8 Å². The second kappa shape index (κ2) is 3890. The summed E-state index contributed by atoms with van der Waals surface area (Å²) in [5.41, 5.74) is 0. The number of aliphatic hydroxyl groups is 1. The number of hydrogen-bond acceptors (Lipinski definition) is 1. The highest BCUT2D eigenvalue weighted by Gasteiger charge is 0.839. The molecule has 0 amide bonds. The average molecular weight is 176 g/mol. The molecule has 9 heteroatoms. The van der Waals surface area contributed by atoms with Crippen molar-refractivity contribution in [1.82, 2.24) is 0 Å². The van der Waals surface area contributed by atoms with Crippen LogP contribution in [0.15, 0.2) is 0 Å². The van der Waals surface area contributed by atoms with E-state index in [0.29, 0.717) is 0 Å². The van der Waals surface area contributed by atoms with Crippen molar-refractivity contribution in [2.45, 2.75) is 0 Å². The number of hydrogen-bond donors (Lipinski definition) is 1. The van der Waals surface area contributed by atoms with Crippen molar-refractivity contribution in [3.63, 3.8) is 0 Å². The molecular formula is CH20O9. The van der Waals surface area contributed by atoms with Crippen LogP contribution in [0.25, 0.3) is 0 Å². The molecule has 0 aliphatic carbocycles. The van der Waals surface area contributed by atoms with E-state index in [1.54, 1.807) is 0 Å². The lowest BCUT2D eigenvalue weighted by Crippen LogP contribution is -1.25. The second-order valence-corrected chi connectivity index (χ2v) is 0. The third-order valence-electron chi connectivity index (χ3n) is 0. The van der Waals surface area contributed by atoms with Crippen molar-refractivity contribution in [2.24, 2.45) is 0 Å². The first-order valence-corrected chi connectivity index (χ1v) is 0.447. The van der Waals surface area contributed by atoms with Gasteiger partial charge in [-0.3, -0.25) is 0 Å². The van der Waals surface area contributed by atoms with Gasteiger partial charge in [0.1, 0.15) is 0 Å². The third kappa shape index (κ3) is 2600. The summed E-state index contributed by atoms with van der Waals surface area (Å²) in [6, 6.07) is 0. The monoisotopic (exact) mass is 176 g/mol. The van der Waals surface area contributed by atoms with Gasteiger partial charge in [0.2, 0.25) is 0 Å². The second-order valence-electron chi connectivity index (χ2n) is 0. The molecule has 0 spiro atoms. The standard InChI is InChI=1S/CH4O.8H2O/c1-2;;;;;;;;/h2H,1H3;8*1H2. The van der Waals surface area contributed by atoms with Crippen LogP contribution in [0.1, 0.15) is 0 Å². The molecule has 0 unspecified atom stereocenters. The molecule has 0 aliphatic rings. The minimum atomic E-state index is 0. The molecule has 0 rings (SSSR count). The molecule has 0 aromatic heterocycles. The van der Waals surface area contributed by atoms with Crippen molar-refractivity contribution in [3.05, 3.63) is 0 Å². The molecule has 0 heterocycles. The Morgan fingerprint density at radius 1 is 0.400 bits per heavy atom. The van der Waals surface area contributed by atoms with E-state index in [1.807, 2.05) is 0 Å². The predicted octanol–water partition coefficient (Wildman–Crippen LogP) is -6.99. The molecule has 0 fully saturated rings. The van der Waals surface area contributed by atoms with Gasteiger partial charge in [0.25, 0.3) is 0 Å². The Morgan fingerprint density at radius 3 is 0.400 bits per heavy atom. The minimum absolute atomic E-state index is 0. The fourth-order valence-electron chi connectivity index (χ4n) is 0. The van der Waals surface area contributed by atoms with Gasteiger partial charge in [-0.1, -0.05) is 0 Å². The van der Waals surface area contributed by atoms with E-state index in [2.05, 4.69) is 0 Å². The van der Waals surface area contributed by atoms with Crippen LogP contribution >= 0.6 is 0 Å². The van der Waals surface area contributed by atoms with Crippen LogP contribution in [-0.2, 0) is 0 Å². The topological polar surface area (TPSA) is 272 Å². The Morgan fingerprint density at radius 2 is 0.400 bits per heavy atom. The quantitative estimate of drug-likeness (QED) is 0.369.